The molecular formula is C27H26F2N4O3. The zero-order valence-corrected chi connectivity index (χ0v) is 20.0. The van der Waals surface area contributed by atoms with Crippen LogP contribution < -0.4 is 21.3 Å². The van der Waals surface area contributed by atoms with E-state index in [1.165, 1.54) is 17.7 Å². The quantitative estimate of drug-likeness (QED) is 0.362. The van der Waals surface area contributed by atoms with E-state index >= 15 is 0 Å². The number of hydrogen-bond acceptors (Lipinski definition) is 5. The number of nitrogens with zero attached hydrogens (tertiary/aromatic N) is 3. The van der Waals surface area contributed by atoms with Crippen LogP contribution in [0, 0.1) is 18.6 Å². The van der Waals surface area contributed by atoms with Crippen molar-refractivity contribution in [3.8, 4) is 16.9 Å². The fourth-order valence-electron chi connectivity index (χ4n) is 4.05. The molecule has 0 bridgehead atoms. The predicted molar refractivity (Wildman–Crippen MR) is 133 cm³/mol. The SMILES string of the molecule is COc1cccc(-c2c(C)n(Cc3c(F)cccc3F)c(=O)n(CCNCc3ccccn3)c2=O)c1. The Hall–Kier alpha value is -4.11. The normalized spacial score (nSPS) is 11.0. The van der Waals surface area contributed by atoms with E-state index in [0.29, 0.717) is 30.1 Å². The van der Waals surface area contributed by atoms with Gasteiger partial charge in [-0.3, -0.25) is 18.9 Å². The molecule has 36 heavy (non-hydrogen) atoms. The molecule has 7 nitrogen and oxygen atoms in total. The van der Waals surface area contributed by atoms with Crippen molar-refractivity contribution in [3.05, 3.63) is 116 Å². The van der Waals surface area contributed by atoms with Crippen molar-refractivity contribution in [2.75, 3.05) is 13.7 Å². The van der Waals surface area contributed by atoms with Crippen molar-refractivity contribution in [2.24, 2.45) is 0 Å². The van der Waals surface area contributed by atoms with Crippen LogP contribution in [0.3, 0.4) is 0 Å². The number of nitrogens with one attached hydrogen (secondary N) is 1. The maximum Gasteiger partial charge on any atom is 0.331 e. The molecule has 0 atom stereocenters. The molecule has 0 radical (unpaired) electrons. The van der Waals surface area contributed by atoms with E-state index in [-0.39, 0.29) is 24.2 Å². The first kappa shape index (κ1) is 25.0. The van der Waals surface area contributed by atoms with Crippen LogP contribution in [0.15, 0.2) is 76.4 Å². The molecule has 1 N–H and O–H groups in total. The van der Waals surface area contributed by atoms with Crippen LogP contribution in [0.5, 0.6) is 5.75 Å². The Morgan fingerprint density at radius 1 is 0.972 bits per heavy atom. The fraction of sp³-hybridized carbons (Fsp3) is 0.222. The molecule has 0 aliphatic heterocycles. The first-order chi connectivity index (χ1) is 17.4. The van der Waals surface area contributed by atoms with E-state index in [1.54, 1.807) is 37.4 Å². The standard InChI is InChI=1S/C27H26F2N4O3/c1-18-25(19-7-5-9-21(15-19)36-2)26(34)32(14-13-30-16-20-8-3-4-12-31-20)27(35)33(18)17-22-23(28)10-6-11-24(22)29/h3-12,15,30H,13-14,16-17H2,1-2H3. The summed E-state index contributed by atoms with van der Waals surface area (Å²) in [6.45, 7) is 2.06. The van der Waals surface area contributed by atoms with Gasteiger partial charge in [0.05, 0.1) is 24.9 Å². The molecule has 0 aliphatic rings. The van der Waals surface area contributed by atoms with Crippen LogP contribution in [0.4, 0.5) is 8.78 Å². The molecule has 2 aromatic carbocycles. The highest BCUT2D eigenvalue weighted by Crippen LogP contribution is 2.24. The lowest BCUT2D eigenvalue weighted by Crippen LogP contribution is -2.44. The number of pyridine rings is 1. The lowest BCUT2D eigenvalue weighted by atomic mass is 10.0. The molecule has 4 aromatic rings. The maximum atomic E-state index is 14.5. The summed E-state index contributed by atoms with van der Waals surface area (Å²) >= 11 is 0. The number of rotatable bonds is 9. The highest BCUT2D eigenvalue weighted by Gasteiger charge is 2.20. The van der Waals surface area contributed by atoms with Gasteiger partial charge in [0.15, 0.2) is 0 Å². The van der Waals surface area contributed by atoms with Crippen molar-refractivity contribution in [3.63, 3.8) is 0 Å². The molecule has 186 valence electrons. The highest BCUT2D eigenvalue weighted by atomic mass is 19.1. The fourth-order valence-corrected chi connectivity index (χ4v) is 4.05. The van der Waals surface area contributed by atoms with Crippen LogP contribution in [0.1, 0.15) is 17.0 Å². The Morgan fingerprint density at radius 2 is 1.72 bits per heavy atom. The number of benzene rings is 2. The third kappa shape index (κ3) is 5.26. The lowest BCUT2D eigenvalue weighted by molar-refractivity contribution is 0.415. The number of methoxy groups -OCH3 is 1. The van der Waals surface area contributed by atoms with Crippen molar-refractivity contribution < 1.29 is 13.5 Å². The second-order valence-electron chi connectivity index (χ2n) is 8.22. The summed E-state index contributed by atoms with van der Waals surface area (Å²) in [7, 11) is 1.51. The first-order valence-electron chi connectivity index (χ1n) is 11.4. The third-order valence-corrected chi connectivity index (χ3v) is 5.97. The van der Waals surface area contributed by atoms with E-state index in [4.69, 9.17) is 4.74 Å². The van der Waals surface area contributed by atoms with Gasteiger partial charge in [0.25, 0.3) is 5.56 Å². The second-order valence-corrected chi connectivity index (χ2v) is 8.22. The third-order valence-electron chi connectivity index (χ3n) is 5.97. The Bertz CT molecular complexity index is 1460. The number of ether oxygens (including phenoxy) is 1. The van der Waals surface area contributed by atoms with Crippen molar-refractivity contribution >= 4 is 0 Å². The molecule has 0 aliphatic carbocycles. The Labute approximate surface area is 206 Å². The zero-order chi connectivity index (χ0) is 25.7. The van der Waals surface area contributed by atoms with E-state index in [0.717, 1.165) is 22.4 Å². The maximum absolute atomic E-state index is 14.5. The molecule has 0 amide bonds. The molecular weight excluding hydrogens is 466 g/mol. The number of hydrogen-bond donors (Lipinski definition) is 1. The van der Waals surface area contributed by atoms with Gasteiger partial charge in [-0.2, -0.15) is 0 Å². The van der Waals surface area contributed by atoms with E-state index < -0.39 is 22.9 Å². The smallest absolute Gasteiger partial charge is 0.331 e. The highest BCUT2D eigenvalue weighted by molar-refractivity contribution is 5.66. The summed E-state index contributed by atoms with van der Waals surface area (Å²) in [5.74, 6) is -0.995. The van der Waals surface area contributed by atoms with Crippen LogP contribution in [-0.2, 0) is 19.6 Å². The molecule has 9 heteroatoms. The van der Waals surface area contributed by atoms with Gasteiger partial charge in [-0.05, 0) is 48.9 Å². The molecule has 0 saturated heterocycles. The molecule has 4 rings (SSSR count). The number of halogens is 2. The summed E-state index contributed by atoms with van der Waals surface area (Å²) in [5, 5.41) is 3.17. The van der Waals surface area contributed by atoms with Gasteiger partial charge in [0, 0.05) is 37.1 Å². The van der Waals surface area contributed by atoms with Crippen LogP contribution in [-0.4, -0.2) is 27.8 Å². The van der Waals surface area contributed by atoms with Gasteiger partial charge in [0.1, 0.15) is 17.4 Å². The number of aromatic nitrogens is 3. The average Bonchev–Trinajstić information content (AvgIpc) is 2.88. The lowest BCUT2D eigenvalue weighted by Gasteiger charge is -2.18. The topological polar surface area (TPSA) is 78.2 Å². The molecule has 0 saturated carbocycles. The summed E-state index contributed by atoms with van der Waals surface area (Å²) in [4.78, 5) is 31.2. The van der Waals surface area contributed by atoms with Gasteiger partial charge >= 0.3 is 5.69 Å². The molecule has 0 spiro atoms. The minimum Gasteiger partial charge on any atom is -0.497 e. The van der Waals surface area contributed by atoms with E-state index in [9.17, 15) is 18.4 Å². The molecule has 0 fully saturated rings. The predicted octanol–water partition coefficient (Wildman–Crippen LogP) is 3.51. The van der Waals surface area contributed by atoms with Crippen molar-refractivity contribution in [2.45, 2.75) is 26.6 Å². The second kappa shape index (κ2) is 11.1. The zero-order valence-electron chi connectivity index (χ0n) is 20.0. The van der Waals surface area contributed by atoms with Gasteiger partial charge < -0.3 is 10.1 Å². The van der Waals surface area contributed by atoms with Gasteiger partial charge in [-0.25, -0.2) is 13.6 Å². The first-order valence-corrected chi connectivity index (χ1v) is 11.4. The largest absolute Gasteiger partial charge is 0.497 e. The van der Waals surface area contributed by atoms with Gasteiger partial charge in [0.2, 0.25) is 0 Å². The Morgan fingerprint density at radius 3 is 2.42 bits per heavy atom. The van der Waals surface area contributed by atoms with Crippen LogP contribution in [0.2, 0.25) is 0 Å². The van der Waals surface area contributed by atoms with Crippen LogP contribution >= 0.6 is 0 Å². The summed E-state index contributed by atoms with van der Waals surface area (Å²) < 4.78 is 36.5. The Kier molecular flexibility index (Phi) is 7.70. The van der Waals surface area contributed by atoms with Crippen LogP contribution in [0.25, 0.3) is 11.1 Å². The minimum absolute atomic E-state index is 0.0570. The summed E-state index contributed by atoms with van der Waals surface area (Å²) in [6.07, 6.45) is 1.68. The summed E-state index contributed by atoms with van der Waals surface area (Å²) in [6, 6.07) is 16.0. The van der Waals surface area contributed by atoms with Gasteiger partial charge in [-0.15, -0.1) is 0 Å². The Balaban J connectivity index is 1.77. The van der Waals surface area contributed by atoms with E-state index in [1.807, 2.05) is 18.2 Å². The van der Waals surface area contributed by atoms with Crippen molar-refractivity contribution in [1.29, 1.82) is 0 Å². The molecule has 2 aromatic heterocycles. The minimum atomic E-state index is -0.765. The molecule has 2 heterocycles. The van der Waals surface area contributed by atoms with Gasteiger partial charge in [-0.1, -0.05) is 24.3 Å². The average molecular weight is 493 g/mol. The summed E-state index contributed by atoms with van der Waals surface area (Å²) in [5.41, 5.74) is 0.529. The van der Waals surface area contributed by atoms with E-state index in [2.05, 4.69) is 10.3 Å². The monoisotopic (exact) mass is 492 g/mol. The van der Waals surface area contributed by atoms with Crippen molar-refractivity contribution in [1.82, 2.24) is 19.4 Å². The molecule has 0 unspecified atom stereocenters.